The molecular formula is C13H24O2. The molecule has 88 valence electrons. The number of carbonyl (C=O) groups excluding carboxylic acids is 1. The van der Waals surface area contributed by atoms with Crippen molar-refractivity contribution in [1.82, 2.24) is 0 Å². The number of rotatable bonds is 7. The highest BCUT2D eigenvalue weighted by Gasteiger charge is 2.06. The quantitative estimate of drug-likeness (QED) is 0.364. The van der Waals surface area contributed by atoms with Crippen LogP contribution in [0, 0.1) is 0 Å². The van der Waals surface area contributed by atoms with Crippen LogP contribution in [0.15, 0.2) is 11.6 Å². The SMILES string of the molecule is CCCCCCC(C)OC(=O)C=C(C)C. The summed E-state index contributed by atoms with van der Waals surface area (Å²) in [4.78, 5) is 11.3. The van der Waals surface area contributed by atoms with E-state index in [1.165, 1.54) is 19.3 Å². The summed E-state index contributed by atoms with van der Waals surface area (Å²) in [6, 6.07) is 0. The molecule has 0 aliphatic heterocycles. The summed E-state index contributed by atoms with van der Waals surface area (Å²) in [6.45, 7) is 7.95. The van der Waals surface area contributed by atoms with Crippen LogP contribution in [0.2, 0.25) is 0 Å². The number of unbranched alkanes of at least 4 members (excludes halogenated alkanes) is 3. The van der Waals surface area contributed by atoms with Crippen molar-refractivity contribution in [3.05, 3.63) is 11.6 Å². The lowest BCUT2D eigenvalue weighted by atomic mass is 10.1. The molecule has 1 atom stereocenters. The van der Waals surface area contributed by atoms with E-state index in [0.29, 0.717) is 0 Å². The van der Waals surface area contributed by atoms with Crippen molar-refractivity contribution >= 4 is 5.97 Å². The van der Waals surface area contributed by atoms with E-state index in [4.69, 9.17) is 4.74 Å². The van der Waals surface area contributed by atoms with Gasteiger partial charge in [0, 0.05) is 6.08 Å². The summed E-state index contributed by atoms with van der Waals surface area (Å²) in [5.74, 6) is -0.210. The first kappa shape index (κ1) is 14.2. The van der Waals surface area contributed by atoms with Gasteiger partial charge in [0.2, 0.25) is 0 Å². The highest BCUT2D eigenvalue weighted by atomic mass is 16.5. The predicted octanol–water partition coefficient (Wildman–Crippen LogP) is 3.85. The number of hydrogen-bond acceptors (Lipinski definition) is 2. The topological polar surface area (TPSA) is 26.3 Å². The molecule has 15 heavy (non-hydrogen) atoms. The highest BCUT2D eigenvalue weighted by molar-refractivity contribution is 5.82. The number of ether oxygens (including phenoxy) is 1. The summed E-state index contributed by atoms with van der Waals surface area (Å²) in [5, 5.41) is 0. The molecule has 0 aliphatic carbocycles. The Morgan fingerprint density at radius 1 is 1.27 bits per heavy atom. The fraction of sp³-hybridized carbons (Fsp3) is 0.769. The fourth-order valence-corrected chi connectivity index (χ4v) is 1.39. The van der Waals surface area contributed by atoms with Gasteiger partial charge < -0.3 is 4.74 Å². The first-order chi connectivity index (χ1) is 7.06. The summed E-state index contributed by atoms with van der Waals surface area (Å²) < 4.78 is 5.23. The van der Waals surface area contributed by atoms with E-state index in [1.54, 1.807) is 6.08 Å². The van der Waals surface area contributed by atoms with Crippen molar-refractivity contribution in [2.45, 2.75) is 65.9 Å². The van der Waals surface area contributed by atoms with Crippen molar-refractivity contribution < 1.29 is 9.53 Å². The number of hydrogen-bond donors (Lipinski definition) is 0. The number of esters is 1. The van der Waals surface area contributed by atoms with Gasteiger partial charge in [-0.15, -0.1) is 0 Å². The standard InChI is InChI=1S/C13H24O2/c1-5-6-7-8-9-12(4)15-13(14)10-11(2)3/h10,12H,5-9H2,1-4H3. The maximum atomic E-state index is 11.3. The van der Waals surface area contributed by atoms with Gasteiger partial charge in [0.25, 0.3) is 0 Å². The van der Waals surface area contributed by atoms with Gasteiger partial charge in [-0.2, -0.15) is 0 Å². The predicted molar refractivity (Wildman–Crippen MR) is 63.7 cm³/mol. The molecule has 2 heteroatoms. The molecule has 0 aromatic carbocycles. The van der Waals surface area contributed by atoms with E-state index >= 15 is 0 Å². The van der Waals surface area contributed by atoms with Gasteiger partial charge in [-0.05, 0) is 33.6 Å². The maximum Gasteiger partial charge on any atom is 0.330 e. The first-order valence-corrected chi connectivity index (χ1v) is 5.91. The Morgan fingerprint density at radius 3 is 2.47 bits per heavy atom. The lowest BCUT2D eigenvalue weighted by molar-refractivity contribution is -0.142. The second-order valence-corrected chi connectivity index (χ2v) is 4.32. The average Bonchev–Trinajstić information content (AvgIpc) is 2.10. The van der Waals surface area contributed by atoms with E-state index in [-0.39, 0.29) is 12.1 Å². The molecule has 2 nitrogen and oxygen atoms in total. The fourth-order valence-electron chi connectivity index (χ4n) is 1.39. The Morgan fingerprint density at radius 2 is 1.93 bits per heavy atom. The van der Waals surface area contributed by atoms with Crippen LogP contribution in [-0.4, -0.2) is 12.1 Å². The van der Waals surface area contributed by atoms with Crippen molar-refractivity contribution in [3.63, 3.8) is 0 Å². The van der Waals surface area contributed by atoms with E-state index in [1.807, 2.05) is 20.8 Å². The van der Waals surface area contributed by atoms with E-state index in [2.05, 4.69) is 6.92 Å². The van der Waals surface area contributed by atoms with Crippen molar-refractivity contribution in [3.8, 4) is 0 Å². The van der Waals surface area contributed by atoms with Gasteiger partial charge in [0.05, 0.1) is 6.10 Å². The normalized spacial score (nSPS) is 12.0. The third kappa shape index (κ3) is 9.51. The summed E-state index contributed by atoms with van der Waals surface area (Å²) in [7, 11) is 0. The number of carbonyl (C=O) groups is 1. The van der Waals surface area contributed by atoms with Crippen LogP contribution in [0.4, 0.5) is 0 Å². The molecule has 0 aromatic heterocycles. The van der Waals surface area contributed by atoms with Crippen LogP contribution in [0.3, 0.4) is 0 Å². The smallest absolute Gasteiger partial charge is 0.330 e. The van der Waals surface area contributed by atoms with Crippen LogP contribution < -0.4 is 0 Å². The van der Waals surface area contributed by atoms with Crippen LogP contribution in [-0.2, 0) is 9.53 Å². The molecule has 0 N–H and O–H groups in total. The Labute approximate surface area is 93.7 Å². The van der Waals surface area contributed by atoms with E-state index < -0.39 is 0 Å². The van der Waals surface area contributed by atoms with Crippen LogP contribution in [0.5, 0.6) is 0 Å². The van der Waals surface area contributed by atoms with Gasteiger partial charge in [-0.25, -0.2) is 4.79 Å². The van der Waals surface area contributed by atoms with Crippen molar-refractivity contribution in [2.75, 3.05) is 0 Å². The zero-order valence-corrected chi connectivity index (χ0v) is 10.5. The molecule has 0 bridgehead atoms. The minimum Gasteiger partial charge on any atom is -0.460 e. The molecule has 0 rings (SSSR count). The largest absolute Gasteiger partial charge is 0.460 e. The van der Waals surface area contributed by atoms with Gasteiger partial charge in [-0.1, -0.05) is 31.8 Å². The first-order valence-electron chi connectivity index (χ1n) is 5.91. The Kier molecular flexibility index (Phi) is 8.06. The van der Waals surface area contributed by atoms with Crippen LogP contribution in [0.25, 0.3) is 0 Å². The lowest BCUT2D eigenvalue weighted by Gasteiger charge is -2.11. The summed E-state index contributed by atoms with van der Waals surface area (Å²) in [5.41, 5.74) is 0.984. The molecule has 0 aromatic rings. The monoisotopic (exact) mass is 212 g/mol. The Bertz CT molecular complexity index is 203. The molecule has 0 saturated heterocycles. The second-order valence-electron chi connectivity index (χ2n) is 4.32. The lowest BCUT2D eigenvalue weighted by Crippen LogP contribution is -2.13. The molecule has 0 heterocycles. The molecule has 0 radical (unpaired) electrons. The second kappa shape index (κ2) is 8.51. The van der Waals surface area contributed by atoms with E-state index in [9.17, 15) is 4.79 Å². The molecule has 0 spiro atoms. The van der Waals surface area contributed by atoms with Gasteiger partial charge >= 0.3 is 5.97 Å². The minimum atomic E-state index is -0.210. The van der Waals surface area contributed by atoms with Crippen LogP contribution >= 0.6 is 0 Å². The Balaban J connectivity index is 3.60. The highest BCUT2D eigenvalue weighted by Crippen LogP contribution is 2.08. The van der Waals surface area contributed by atoms with Gasteiger partial charge in [0.1, 0.15) is 0 Å². The maximum absolute atomic E-state index is 11.3. The summed E-state index contributed by atoms with van der Waals surface area (Å²) in [6.07, 6.45) is 7.47. The van der Waals surface area contributed by atoms with Crippen LogP contribution in [0.1, 0.15) is 59.8 Å². The zero-order valence-electron chi connectivity index (χ0n) is 10.5. The molecule has 0 amide bonds. The molecular weight excluding hydrogens is 188 g/mol. The van der Waals surface area contributed by atoms with Crippen molar-refractivity contribution in [1.29, 1.82) is 0 Å². The molecule has 0 fully saturated rings. The molecule has 0 aliphatic rings. The average molecular weight is 212 g/mol. The third-order valence-corrected chi connectivity index (χ3v) is 2.19. The minimum absolute atomic E-state index is 0.0463. The van der Waals surface area contributed by atoms with Gasteiger partial charge in [-0.3, -0.25) is 0 Å². The van der Waals surface area contributed by atoms with Gasteiger partial charge in [0.15, 0.2) is 0 Å². The molecule has 1 unspecified atom stereocenters. The Hall–Kier alpha value is -0.790. The van der Waals surface area contributed by atoms with E-state index in [0.717, 1.165) is 18.4 Å². The molecule has 0 saturated carbocycles. The zero-order chi connectivity index (χ0) is 11.7. The third-order valence-electron chi connectivity index (χ3n) is 2.19. The van der Waals surface area contributed by atoms with Crippen molar-refractivity contribution in [2.24, 2.45) is 0 Å². The summed E-state index contributed by atoms with van der Waals surface area (Å²) >= 11 is 0. The number of allylic oxidation sites excluding steroid dienone is 1.